The van der Waals surface area contributed by atoms with E-state index in [2.05, 4.69) is 5.32 Å². The van der Waals surface area contributed by atoms with Crippen molar-refractivity contribution in [1.29, 1.82) is 0 Å². The fraction of sp³-hybridized carbons (Fsp3) is 0.200. The maximum absolute atomic E-state index is 12.4. The Kier molecular flexibility index (Phi) is 7.22. The molecule has 30 heavy (non-hydrogen) atoms. The molecule has 0 aromatic heterocycles. The molecule has 3 aromatic rings. The van der Waals surface area contributed by atoms with Gasteiger partial charge in [-0.25, -0.2) is 0 Å². The molecule has 0 fully saturated rings. The minimum atomic E-state index is -0.188. The molecule has 0 atom stereocenters. The minimum Gasteiger partial charge on any atom is -0.484 e. The SMILES string of the molecule is Cc1ccc(CN(C)C(=O)COc2cccc(C(=O)NCc3ccccc3)c2)cc1. The molecule has 0 saturated heterocycles. The molecule has 0 aliphatic carbocycles. The van der Waals surface area contributed by atoms with E-state index in [4.69, 9.17) is 4.74 Å². The van der Waals surface area contributed by atoms with Gasteiger partial charge in [-0.05, 0) is 36.2 Å². The number of hydrogen-bond donors (Lipinski definition) is 1. The topological polar surface area (TPSA) is 58.6 Å². The summed E-state index contributed by atoms with van der Waals surface area (Å²) in [6, 6.07) is 24.6. The summed E-state index contributed by atoms with van der Waals surface area (Å²) in [6.07, 6.45) is 0. The summed E-state index contributed by atoms with van der Waals surface area (Å²) in [5.74, 6) is 0.168. The molecule has 3 aromatic carbocycles. The van der Waals surface area contributed by atoms with Crippen LogP contribution in [0.15, 0.2) is 78.9 Å². The highest BCUT2D eigenvalue weighted by Gasteiger charge is 2.12. The van der Waals surface area contributed by atoms with Crippen LogP contribution in [-0.2, 0) is 17.9 Å². The van der Waals surface area contributed by atoms with Crippen LogP contribution in [0.3, 0.4) is 0 Å². The van der Waals surface area contributed by atoms with Crippen LogP contribution < -0.4 is 10.1 Å². The number of likely N-dealkylation sites (N-methyl/N-ethyl adjacent to an activating group) is 1. The Hall–Kier alpha value is -3.60. The van der Waals surface area contributed by atoms with Crippen molar-refractivity contribution < 1.29 is 14.3 Å². The van der Waals surface area contributed by atoms with E-state index < -0.39 is 0 Å². The van der Waals surface area contributed by atoms with Gasteiger partial charge in [-0.3, -0.25) is 9.59 Å². The molecule has 154 valence electrons. The van der Waals surface area contributed by atoms with E-state index in [-0.39, 0.29) is 18.4 Å². The number of benzene rings is 3. The molecule has 1 N–H and O–H groups in total. The van der Waals surface area contributed by atoms with E-state index in [0.29, 0.717) is 24.4 Å². The van der Waals surface area contributed by atoms with Gasteiger partial charge in [-0.15, -0.1) is 0 Å². The van der Waals surface area contributed by atoms with Crippen molar-refractivity contribution in [2.45, 2.75) is 20.0 Å². The van der Waals surface area contributed by atoms with E-state index in [1.54, 1.807) is 36.2 Å². The van der Waals surface area contributed by atoms with Crippen molar-refractivity contribution in [3.05, 3.63) is 101 Å². The van der Waals surface area contributed by atoms with Gasteiger partial charge >= 0.3 is 0 Å². The van der Waals surface area contributed by atoms with E-state index in [1.165, 1.54) is 5.56 Å². The summed E-state index contributed by atoms with van der Waals surface area (Å²) >= 11 is 0. The Morgan fingerprint density at radius 1 is 0.900 bits per heavy atom. The molecular weight excluding hydrogens is 376 g/mol. The number of carbonyl (C=O) groups excluding carboxylic acids is 2. The molecule has 0 radical (unpaired) electrons. The first-order valence-electron chi connectivity index (χ1n) is 9.86. The summed E-state index contributed by atoms with van der Waals surface area (Å²) in [7, 11) is 1.75. The van der Waals surface area contributed by atoms with Gasteiger partial charge in [0.1, 0.15) is 5.75 Å². The highest BCUT2D eigenvalue weighted by atomic mass is 16.5. The lowest BCUT2D eigenvalue weighted by atomic mass is 10.1. The van der Waals surface area contributed by atoms with Crippen molar-refractivity contribution in [2.75, 3.05) is 13.7 Å². The first kappa shape index (κ1) is 21.1. The van der Waals surface area contributed by atoms with Gasteiger partial charge in [0.25, 0.3) is 11.8 Å². The van der Waals surface area contributed by atoms with Crippen molar-refractivity contribution in [3.8, 4) is 5.75 Å². The Morgan fingerprint density at radius 3 is 2.37 bits per heavy atom. The zero-order valence-electron chi connectivity index (χ0n) is 17.3. The molecule has 2 amide bonds. The van der Waals surface area contributed by atoms with Crippen LogP contribution in [0.1, 0.15) is 27.0 Å². The lowest BCUT2D eigenvalue weighted by molar-refractivity contribution is -0.132. The zero-order valence-corrected chi connectivity index (χ0v) is 17.3. The Bertz CT molecular complexity index is 985. The van der Waals surface area contributed by atoms with Crippen LogP contribution in [0.25, 0.3) is 0 Å². The van der Waals surface area contributed by atoms with Crippen molar-refractivity contribution in [1.82, 2.24) is 10.2 Å². The van der Waals surface area contributed by atoms with Gasteiger partial charge in [0.15, 0.2) is 6.61 Å². The second kappa shape index (κ2) is 10.3. The lowest BCUT2D eigenvalue weighted by Crippen LogP contribution is -2.31. The average molecular weight is 402 g/mol. The molecule has 0 aliphatic heterocycles. The summed E-state index contributed by atoms with van der Waals surface area (Å²) in [6.45, 7) is 2.91. The maximum Gasteiger partial charge on any atom is 0.260 e. The van der Waals surface area contributed by atoms with E-state index in [1.807, 2.05) is 61.5 Å². The second-order valence-corrected chi connectivity index (χ2v) is 7.22. The highest BCUT2D eigenvalue weighted by Crippen LogP contribution is 2.14. The number of carbonyl (C=O) groups is 2. The van der Waals surface area contributed by atoms with E-state index in [9.17, 15) is 9.59 Å². The summed E-state index contributed by atoms with van der Waals surface area (Å²) in [4.78, 5) is 26.4. The van der Waals surface area contributed by atoms with Gasteiger partial charge in [-0.2, -0.15) is 0 Å². The normalized spacial score (nSPS) is 10.3. The summed E-state index contributed by atoms with van der Waals surface area (Å²) in [5.41, 5.74) is 3.77. The minimum absolute atomic E-state index is 0.0859. The van der Waals surface area contributed by atoms with Crippen molar-refractivity contribution in [3.63, 3.8) is 0 Å². The monoisotopic (exact) mass is 402 g/mol. The smallest absolute Gasteiger partial charge is 0.260 e. The number of hydrogen-bond acceptors (Lipinski definition) is 3. The molecular formula is C25H26N2O3. The Labute approximate surface area is 177 Å². The molecule has 0 unspecified atom stereocenters. The molecule has 0 aliphatic rings. The Morgan fingerprint density at radius 2 is 1.63 bits per heavy atom. The van der Waals surface area contributed by atoms with Gasteiger partial charge in [0.2, 0.25) is 0 Å². The van der Waals surface area contributed by atoms with E-state index in [0.717, 1.165) is 11.1 Å². The fourth-order valence-corrected chi connectivity index (χ4v) is 2.92. The first-order valence-corrected chi connectivity index (χ1v) is 9.86. The van der Waals surface area contributed by atoms with Crippen LogP contribution in [0, 0.1) is 6.92 Å². The molecule has 3 rings (SSSR count). The van der Waals surface area contributed by atoms with Crippen molar-refractivity contribution in [2.24, 2.45) is 0 Å². The number of nitrogens with zero attached hydrogens (tertiary/aromatic N) is 1. The van der Waals surface area contributed by atoms with Gasteiger partial charge in [-0.1, -0.05) is 66.2 Å². The molecule has 5 nitrogen and oxygen atoms in total. The lowest BCUT2D eigenvalue weighted by Gasteiger charge is -2.18. The average Bonchev–Trinajstić information content (AvgIpc) is 2.78. The third-order valence-electron chi connectivity index (χ3n) is 4.72. The fourth-order valence-electron chi connectivity index (χ4n) is 2.92. The maximum atomic E-state index is 12.4. The largest absolute Gasteiger partial charge is 0.484 e. The Balaban J connectivity index is 1.51. The van der Waals surface area contributed by atoms with Crippen LogP contribution in [0.4, 0.5) is 0 Å². The van der Waals surface area contributed by atoms with Gasteiger partial charge < -0.3 is 15.0 Å². The molecule has 0 bridgehead atoms. The first-order chi connectivity index (χ1) is 14.5. The number of rotatable bonds is 8. The standard InChI is InChI=1S/C25H26N2O3/c1-19-11-13-21(14-12-19)17-27(2)24(28)18-30-23-10-6-9-22(15-23)25(29)26-16-20-7-4-3-5-8-20/h3-15H,16-18H2,1-2H3,(H,26,29). The highest BCUT2D eigenvalue weighted by molar-refractivity contribution is 5.94. The third-order valence-corrected chi connectivity index (χ3v) is 4.72. The number of aryl methyl sites for hydroxylation is 1. The summed E-state index contributed by atoms with van der Waals surface area (Å²) < 4.78 is 5.63. The quantitative estimate of drug-likeness (QED) is 0.620. The van der Waals surface area contributed by atoms with E-state index >= 15 is 0 Å². The van der Waals surface area contributed by atoms with Gasteiger partial charge in [0, 0.05) is 25.7 Å². The van der Waals surface area contributed by atoms with Crippen LogP contribution >= 0.6 is 0 Å². The predicted octanol–water partition coefficient (Wildman–Crippen LogP) is 3.96. The number of ether oxygens (including phenoxy) is 1. The zero-order chi connectivity index (χ0) is 21.3. The van der Waals surface area contributed by atoms with Crippen LogP contribution in [0.2, 0.25) is 0 Å². The molecule has 0 heterocycles. The number of nitrogens with one attached hydrogen (secondary N) is 1. The molecule has 5 heteroatoms. The third kappa shape index (κ3) is 6.21. The molecule has 0 saturated carbocycles. The van der Waals surface area contributed by atoms with Crippen LogP contribution in [0.5, 0.6) is 5.75 Å². The summed E-state index contributed by atoms with van der Waals surface area (Å²) in [5, 5.41) is 2.89. The molecule has 0 spiro atoms. The predicted molar refractivity (Wildman–Crippen MR) is 117 cm³/mol. The van der Waals surface area contributed by atoms with Crippen LogP contribution in [-0.4, -0.2) is 30.4 Å². The van der Waals surface area contributed by atoms with Gasteiger partial charge in [0.05, 0.1) is 0 Å². The number of amides is 2. The van der Waals surface area contributed by atoms with Crippen molar-refractivity contribution >= 4 is 11.8 Å². The second-order valence-electron chi connectivity index (χ2n) is 7.22.